The SMILES string of the molecule is COC(=O)c1c(NC(=O)CS(=O)(=O)c2nnc(-c3ccccc3Cl)o2)sc2c1CCCCC2. The fraction of sp³-hybridized carbons (Fsp3) is 0.333. The third-order valence-corrected chi connectivity index (χ3v) is 8.04. The van der Waals surface area contributed by atoms with Crippen LogP contribution in [0.1, 0.15) is 40.1 Å². The van der Waals surface area contributed by atoms with Crippen molar-refractivity contribution in [1.29, 1.82) is 0 Å². The zero-order valence-corrected chi connectivity index (χ0v) is 20.0. The highest BCUT2D eigenvalue weighted by atomic mass is 35.5. The minimum atomic E-state index is -4.23. The summed E-state index contributed by atoms with van der Waals surface area (Å²) in [4.78, 5) is 26.0. The van der Waals surface area contributed by atoms with Crippen molar-refractivity contribution < 1.29 is 27.2 Å². The summed E-state index contributed by atoms with van der Waals surface area (Å²) in [6, 6.07) is 6.60. The molecule has 0 fully saturated rings. The standard InChI is InChI=1S/C21H20ClN3O6S2/c1-30-20(27)17-13-8-3-2-4-10-15(13)32-19(17)23-16(26)11-33(28,29)21-25-24-18(31-21)12-7-5-6-9-14(12)22/h5-7,9H,2-4,8,10-11H2,1H3,(H,23,26). The van der Waals surface area contributed by atoms with Crippen LogP contribution >= 0.6 is 22.9 Å². The van der Waals surface area contributed by atoms with Gasteiger partial charge in [-0.25, -0.2) is 13.2 Å². The quantitative estimate of drug-likeness (QED) is 0.391. The number of aryl methyl sites for hydroxylation is 1. The summed E-state index contributed by atoms with van der Waals surface area (Å²) in [7, 11) is -2.96. The van der Waals surface area contributed by atoms with Crippen LogP contribution in [0.25, 0.3) is 11.5 Å². The molecule has 33 heavy (non-hydrogen) atoms. The van der Waals surface area contributed by atoms with Crippen molar-refractivity contribution in [3.63, 3.8) is 0 Å². The normalized spacial score (nSPS) is 13.8. The molecule has 3 aromatic rings. The second-order valence-corrected chi connectivity index (χ2v) is 10.8. The van der Waals surface area contributed by atoms with Crippen LogP contribution in [0.5, 0.6) is 0 Å². The van der Waals surface area contributed by atoms with Crippen LogP contribution in [-0.2, 0) is 32.2 Å². The summed E-state index contributed by atoms with van der Waals surface area (Å²) in [5.41, 5.74) is 1.54. The first-order chi connectivity index (χ1) is 15.8. The predicted molar refractivity (Wildman–Crippen MR) is 122 cm³/mol. The molecule has 1 aliphatic rings. The zero-order valence-electron chi connectivity index (χ0n) is 17.6. The topological polar surface area (TPSA) is 128 Å². The Labute approximate surface area is 199 Å². The van der Waals surface area contributed by atoms with Crippen LogP contribution < -0.4 is 5.32 Å². The highest BCUT2D eigenvalue weighted by molar-refractivity contribution is 7.91. The van der Waals surface area contributed by atoms with E-state index >= 15 is 0 Å². The van der Waals surface area contributed by atoms with E-state index in [9.17, 15) is 18.0 Å². The van der Waals surface area contributed by atoms with Crippen molar-refractivity contribution in [2.75, 3.05) is 18.2 Å². The van der Waals surface area contributed by atoms with E-state index < -0.39 is 32.7 Å². The van der Waals surface area contributed by atoms with Gasteiger partial charge in [-0.1, -0.05) is 35.3 Å². The second kappa shape index (κ2) is 9.62. The molecule has 12 heteroatoms. The third kappa shape index (κ3) is 4.94. The van der Waals surface area contributed by atoms with Gasteiger partial charge in [0, 0.05) is 4.88 Å². The van der Waals surface area contributed by atoms with E-state index in [0.29, 0.717) is 22.6 Å². The van der Waals surface area contributed by atoms with E-state index in [-0.39, 0.29) is 10.9 Å². The van der Waals surface area contributed by atoms with Crippen molar-refractivity contribution in [3.8, 4) is 11.5 Å². The van der Waals surface area contributed by atoms with E-state index in [2.05, 4.69) is 15.5 Å². The summed E-state index contributed by atoms with van der Waals surface area (Å²) in [5, 5.41) is 9.79. The Kier molecular flexibility index (Phi) is 6.82. The van der Waals surface area contributed by atoms with Gasteiger partial charge in [0.05, 0.1) is 23.3 Å². The lowest BCUT2D eigenvalue weighted by Crippen LogP contribution is -2.24. The molecule has 0 saturated carbocycles. The number of anilines is 1. The average molecular weight is 510 g/mol. The molecule has 9 nitrogen and oxygen atoms in total. The lowest BCUT2D eigenvalue weighted by Gasteiger charge is -2.07. The van der Waals surface area contributed by atoms with Crippen molar-refractivity contribution >= 4 is 49.7 Å². The summed E-state index contributed by atoms with van der Waals surface area (Å²) in [6.45, 7) is 0. The molecule has 0 saturated heterocycles. The maximum absolute atomic E-state index is 12.7. The summed E-state index contributed by atoms with van der Waals surface area (Å²) >= 11 is 7.36. The van der Waals surface area contributed by atoms with E-state index in [1.165, 1.54) is 18.4 Å². The molecule has 1 amide bonds. The summed E-state index contributed by atoms with van der Waals surface area (Å²) in [6.07, 6.45) is 4.48. The lowest BCUT2D eigenvalue weighted by molar-refractivity contribution is -0.113. The van der Waals surface area contributed by atoms with Crippen LogP contribution in [0.15, 0.2) is 33.9 Å². The molecule has 2 heterocycles. The molecule has 174 valence electrons. The lowest BCUT2D eigenvalue weighted by atomic mass is 10.1. The monoisotopic (exact) mass is 509 g/mol. The molecule has 0 aliphatic heterocycles. The molecule has 0 spiro atoms. The molecule has 1 N–H and O–H groups in total. The van der Waals surface area contributed by atoms with Crippen LogP contribution in [0.2, 0.25) is 5.02 Å². The minimum absolute atomic E-state index is 0.0745. The van der Waals surface area contributed by atoms with Gasteiger partial charge in [0.2, 0.25) is 21.6 Å². The second-order valence-electron chi connectivity index (χ2n) is 7.42. The Morgan fingerprint density at radius 1 is 1.18 bits per heavy atom. The number of carbonyl (C=O) groups is 2. The van der Waals surface area contributed by atoms with E-state index in [4.69, 9.17) is 20.8 Å². The molecule has 0 atom stereocenters. The Balaban J connectivity index is 1.55. The summed E-state index contributed by atoms with van der Waals surface area (Å²) < 4.78 is 35.6. The number of thiophene rings is 1. The van der Waals surface area contributed by atoms with E-state index in [0.717, 1.165) is 36.1 Å². The maximum Gasteiger partial charge on any atom is 0.341 e. The van der Waals surface area contributed by atoms with Gasteiger partial charge in [-0.15, -0.1) is 16.4 Å². The van der Waals surface area contributed by atoms with Crippen molar-refractivity contribution in [1.82, 2.24) is 10.2 Å². The van der Waals surface area contributed by atoms with Gasteiger partial charge in [0.1, 0.15) is 10.8 Å². The Morgan fingerprint density at radius 2 is 1.94 bits per heavy atom. The first-order valence-electron chi connectivity index (χ1n) is 10.1. The van der Waals surface area contributed by atoms with E-state index in [1.54, 1.807) is 24.3 Å². The molecule has 4 rings (SSSR count). The number of carbonyl (C=O) groups excluding carboxylic acids is 2. The number of hydrogen-bond acceptors (Lipinski definition) is 9. The molecule has 1 aliphatic carbocycles. The number of methoxy groups -OCH3 is 1. The number of esters is 1. The number of hydrogen-bond donors (Lipinski definition) is 1. The van der Waals surface area contributed by atoms with Crippen molar-refractivity contribution in [2.24, 2.45) is 0 Å². The molecule has 2 aromatic heterocycles. The van der Waals surface area contributed by atoms with Crippen molar-refractivity contribution in [2.45, 2.75) is 37.3 Å². The first kappa shape index (κ1) is 23.4. The molecule has 0 bridgehead atoms. The minimum Gasteiger partial charge on any atom is -0.465 e. The fourth-order valence-electron chi connectivity index (χ4n) is 3.62. The van der Waals surface area contributed by atoms with Gasteiger partial charge in [0.25, 0.3) is 0 Å². The van der Waals surface area contributed by atoms with Crippen LogP contribution in [0.4, 0.5) is 5.00 Å². The smallest absolute Gasteiger partial charge is 0.341 e. The Bertz CT molecular complexity index is 1320. The number of halogens is 1. The number of amides is 1. The number of sulfone groups is 1. The number of benzene rings is 1. The number of nitrogens with zero attached hydrogens (tertiary/aromatic N) is 2. The van der Waals surface area contributed by atoms with E-state index in [1.807, 2.05) is 0 Å². The molecular weight excluding hydrogens is 490 g/mol. The van der Waals surface area contributed by atoms with Crippen LogP contribution in [-0.4, -0.2) is 43.4 Å². The molecule has 0 radical (unpaired) electrons. The maximum atomic E-state index is 12.7. The van der Waals surface area contributed by atoms with Gasteiger partial charge in [-0.05, 0) is 43.4 Å². The van der Waals surface area contributed by atoms with Gasteiger partial charge in [-0.2, -0.15) is 0 Å². The number of rotatable bonds is 6. The average Bonchev–Trinajstić information content (AvgIpc) is 3.33. The largest absolute Gasteiger partial charge is 0.465 e. The molecular formula is C21H20ClN3O6S2. The number of nitrogens with one attached hydrogen (secondary N) is 1. The third-order valence-electron chi connectivity index (χ3n) is 5.16. The number of aromatic nitrogens is 2. The van der Waals surface area contributed by atoms with Crippen LogP contribution in [0.3, 0.4) is 0 Å². The zero-order chi connectivity index (χ0) is 23.6. The van der Waals surface area contributed by atoms with Gasteiger partial charge in [-0.3, -0.25) is 4.79 Å². The van der Waals surface area contributed by atoms with Crippen molar-refractivity contribution in [3.05, 3.63) is 45.3 Å². The first-order valence-corrected chi connectivity index (χ1v) is 13.0. The Morgan fingerprint density at radius 3 is 2.70 bits per heavy atom. The van der Waals surface area contributed by atoms with Gasteiger partial charge in [0.15, 0.2) is 0 Å². The van der Waals surface area contributed by atoms with Gasteiger partial charge < -0.3 is 14.5 Å². The summed E-state index contributed by atoms with van der Waals surface area (Å²) in [5.74, 6) is -2.39. The highest BCUT2D eigenvalue weighted by Crippen LogP contribution is 2.38. The van der Waals surface area contributed by atoms with Gasteiger partial charge >= 0.3 is 11.2 Å². The Hall–Kier alpha value is -2.76. The number of fused-ring (bicyclic) bond motifs is 1. The predicted octanol–water partition coefficient (Wildman–Crippen LogP) is 3.92. The van der Waals surface area contributed by atoms with Crippen LogP contribution in [0, 0.1) is 0 Å². The molecule has 1 aromatic carbocycles. The number of ether oxygens (including phenoxy) is 1. The fourth-order valence-corrected chi connectivity index (χ4v) is 6.05. The highest BCUT2D eigenvalue weighted by Gasteiger charge is 2.30. The molecule has 0 unspecified atom stereocenters.